The van der Waals surface area contributed by atoms with Crippen molar-refractivity contribution in [3.8, 4) is 0 Å². The van der Waals surface area contributed by atoms with Gasteiger partial charge in [0.15, 0.2) is 0 Å². The van der Waals surface area contributed by atoms with E-state index in [1.165, 1.54) is 5.56 Å². The van der Waals surface area contributed by atoms with Gasteiger partial charge in [0, 0.05) is 11.6 Å². The molecule has 0 aliphatic carbocycles. The van der Waals surface area contributed by atoms with Crippen molar-refractivity contribution < 1.29 is 0 Å². The standard InChI is InChI=1S/C14H23NS/c1-11(2)13(15(16)14(3,4)5)12-9-7-6-8-10-12/h6-11,13,16H,1-5H3. The number of nitrogens with zero attached hydrogens (tertiary/aromatic N) is 1. The van der Waals surface area contributed by atoms with Crippen LogP contribution in [0.1, 0.15) is 46.2 Å². The first-order chi connectivity index (χ1) is 7.34. The maximum Gasteiger partial charge on any atom is 0.0478 e. The van der Waals surface area contributed by atoms with Crippen LogP contribution in [0.4, 0.5) is 0 Å². The van der Waals surface area contributed by atoms with Gasteiger partial charge >= 0.3 is 0 Å². The largest absolute Gasteiger partial charge is 0.240 e. The molecule has 0 amide bonds. The molecule has 1 rings (SSSR count). The number of hydrogen-bond acceptors (Lipinski definition) is 2. The molecule has 90 valence electrons. The smallest absolute Gasteiger partial charge is 0.0478 e. The Morgan fingerprint density at radius 2 is 1.56 bits per heavy atom. The normalized spacial score (nSPS) is 14.5. The Bertz CT molecular complexity index is 313. The first-order valence-corrected chi connectivity index (χ1v) is 6.27. The molecule has 0 fully saturated rings. The van der Waals surface area contributed by atoms with Crippen LogP contribution in [0.3, 0.4) is 0 Å². The summed E-state index contributed by atoms with van der Waals surface area (Å²) >= 11 is 4.69. The third kappa shape index (κ3) is 3.26. The molecule has 0 bridgehead atoms. The van der Waals surface area contributed by atoms with Crippen LogP contribution in [0.5, 0.6) is 0 Å². The molecule has 1 aromatic rings. The molecule has 0 saturated heterocycles. The summed E-state index contributed by atoms with van der Waals surface area (Å²) in [4.78, 5) is 0. The highest BCUT2D eigenvalue weighted by Gasteiger charge is 2.29. The van der Waals surface area contributed by atoms with Crippen molar-refractivity contribution in [3.63, 3.8) is 0 Å². The SMILES string of the molecule is CC(C)C(c1ccccc1)N(S)C(C)(C)C. The van der Waals surface area contributed by atoms with Gasteiger partial charge in [-0.2, -0.15) is 0 Å². The fourth-order valence-corrected chi connectivity index (χ4v) is 2.28. The molecule has 1 aromatic carbocycles. The van der Waals surface area contributed by atoms with Gasteiger partial charge in [-0.1, -0.05) is 57.0 Å². The van der Waals surface area contributed by atoms with Crippen LogP contribution >= 0.6 is 12.8 Å². The Morgan fingerprint density at radius 1 is 1.06 bits per heavy atom. The van der Waals surface area contributed by atoms with Crippen molar-refractivity contribution in [1.29, 1.82) is 0 Å². The zero-order valence-electron chi connectivity index (χ0n) is 10.9. The molecule has 16 heavy (non-hydrogen) atoms. The molecular formula is C14H23NS. The summed E-state index contributed by atoms with van der Waals surface area (Å²) in [7, 11) is 0. The number of benzene rings is 1. The second-order valence-electron chi connectivity index (χ2n) is 5.61. The average Bonchev–Trinajstić information content (AvgIpc) is 2.17. The van der Waals surface area contributed by atoms with Crippen LogP contribution in [-0.4, -0.2) is 9.84 Å². The van der Waals surface area contributed by atoms with E-state index in [-0.39, 0.29) is 5.54 Å². The monoisotopic (exact) mass is 237 g/mol. The Balaban J connectivity index is 3.02. The van der Waals surface area contributed by atoms with Crippen molar-refractivity contribution in [3.05, 3.63) is 35.9 Å². The quantitative estimate of drug-likeness (QED) is 0.766. The second kappa shape index (κ2) is 5.24. The van der Waals surface area contributed by atoms with Gasteiger partial charge in [0.25, 0.3) is 0 Å². The van der Waals surface area contributed by atoms with E-state index >= 15 is 0 Å². The van der Waals surface area contributed by atoms with Crippen LogP contribution in [0.25, 0.3) is 0 Å². The first kappa shape index (κ1) is 13.6. The zero-order valence-corrected chi connectivity index (χ0v) is 11.8. The molecule has 1 atom stereocenters. The predicted molar refractivity (Wildman–Crippen MR) is 74.6 cm³/mol. The third-order valence-corrected chi connectivity index (χ3v) is 3.57. The lowest BCUT2D eigenvalue weighted by atomic mass is 9.93. The summed E-state index contributed by atoms with van der Waals surface area (Å²) in [6.45, 7) is 11.1. The van der Waals surface area contributed by atoms with Gasteiger partial charge in [-0.25, -0.2) is 4.31 Å². The van der Waals surface area contributed by atoms with Crippen molar-refractivity contribution >= 4 is 12.8 Å². The maximum atomic E-state index is 4.69. The Labute approximate surface area is 105 Å². The molecule has 0 aliphatic rings. The molecule has 0 saturated carbocycles. The molecule has 0 heterocycles. The van der Waals surface area contributed by atoms with E-state index < -0.39 is 0 Å². The Kier molecular flexibility index (Phi) is 4.45. The molecule has 0 aromatic heterocycles. The lowest BCUT2D eigenvalue weighted by Gasteiger charge is -2.39. The number of rotatable bonds is 3. The fourth-order valence-electron chi connectivity index (χ4n) is 1.88. The summed E-state index contributed by atoms with van der Waals surface area (Å²) < 4.78 is 2.16. The summed E-state index contributed by atoms with van der Waals surface area (Å²) in [5.74, 6) is 0.541. The molecule has 0 N–H and O–H groups in total. The van der Waals surface area contributed by atoms with Gasteiger partial charge < -0.3 is 0 Å². The first-order valence-electron chi connectivity index (χ1n) is 5.87. The topological polar surface area (TPSA) is 3.24 Å². The van der Waals surface area contributed by atoms with Crippen molar-refractivity contribution in [2.24, 2.45) is 5.92 Å². The highest BCUT2D eigenvalue weighted by molar-refractivity contribution is 7.77. The van der Waals surface area contributed by atoms with Crippen molar-refractivity contribution in [1.82, 2.24) is 4.31 Å². The summed E-state index contributed by atoms with van der Waals surface area (Å²) in [6.07, 6.45) is 0. The average molecular weight is 237 g/mol. The maximum absolute atomic E-state index is 4.69. The molecule has 0 aliphatic heterocycles. The lowest BCUT2D eigenvalue weighted by molar-refractivity contribution is 0.175. The van der Waals surface area contributed by atoms with E-state index in [1.807, 2.05) is 0 Å². The molecule has 0 spiro atoms. The minimum absolute atomic E-state index is 0.0634. The molecule has 0 radical (unpaired) electrons. The van der Waals surface area contributed by atoms with Crippen LogP contribution in [0, 0.1) is 5.92 Å². The van der Waals surface area contributed by atoms with Crippen LogP contribution in [-0.2, 0) is 0 Å². The number of hydrogen-bond donors (Lipinski definition) is 1. The van der Waals surface area contributed by atoms with Gasteiger partial charge in [0.2, 0.25) is 0 Å². The van der Waals surface area contributed by atoms with E-state index in [0.29, 0.717) is 12.0 Å². The Hall–Kier alpha value is -0.470. The minimum Gasteiger partial charge on any atom is -0.240 e. The second-order valence-corrected chi connectivity index (χ2v) is 6.05. The van der Waals surface area contributed by atoms with E-state index in [0.717, 1.165) is 0 Å². The van der Waals surface area contributed by atoms with Crippen molar-refractivity contribution in [2.75, 3.05) is 0 Å². The molecule has 1 unspecified atom stereocenters. The highest BCUT2D eigenvalue weighted by atomic mass is 32.1. The summed E-state index contributed by atoms with van der Waals surface area (Å²) in [5, 5.41) is 0. The molecule has 1 nitrogen and oxygen atoms in total. The van der Waals surface area contributed by atoms with E-state index in [9.17, 15) is 0 Å². The van der Waals surface area contributed by atoms with Gasteiger partial charge in [-0.15, -0.1) is 0 Å². The number of thiol groups is 1. The van der Waals surface area contributed by atoms with Crippen molar-refractivity contribution in [2.45, 2.75) is 46.2 Å². The van der Waals surface area contributed by atoms with Gasteiger partial charge in [0.1, 0.15) is 0 Å². The lowest BCUT2D eigenvalue weighted by Crippen LogP contribution is -2.39. The predicted octanol–water partition coefficient (Wildman–Crippen LogP) is 4.33. The summed E-state index contributed by atoms with van der Waals surface area (Å²) in [6, 6.07) is 11.0. The zero-order chi connectivity index (χ0) is 12.3. The minimum atomic E-state index is 0.0634. The molecule has 2 heteroatoms. The molecular weight excluding hydrogens is 214 g/mol. The van der Waals surface area contributed by atoms with Gasteiger partial charge in [-0.3, -0.25) is 0 Å². The van der Waals surface area contributed by atoms with Crippen LogP contribution in [0.15, 0.2) is 30.3 Å². The van der Waals surface area contributed by atoms with E-state index in [2.05, 4.69) is 82.1 Å². The van der Waals surface area contributed by atoms with Gasteiger partial charge in [-0.05, 0) is 32.3 Å². The van der Waals surface area contributed by atoms with E-state index in [4.69, 9.17) is 0 Å². The van der Waals surface area contributed by atoms with Crippen LogP contribution in [0.2, 0.25) is 0 Å². The summed E-state index contributed by atoms with van der Waals surface area (Å²) in [5.41, 5.74) is 1.40. The van der Waals surface area contributed by atoms with Gasteiger partial charge in [0.05, 0.1) is 0 Å². The Morgan fingerprint density at radius 3 is 1.94 bits per heavy atom. The fraction of sp³-hybridized carbons (Fsp3) is 0.571. The van der Waals surface area contributed by atoms with Crippen LogP contribution < -0.4 is 0 Å². The third-order valence-electron chi connectivity index (χ3n) is 2.72. The van der Waals surface area contributed by atoms with E-state index in [1.54, 1.807) is 0 Å². The highest BCUT2D eigenvalue weighted by Crippen LogP contribution is 2.35.